The maximum atomic E-state index is 11.5. The number of thiophene rings is 1. The molecule has 0 aliphatic rings. The lowest BCUT2D eigenvalue weighted by atomic mass is 10.3. The normalized spacial score (nSPS) is 9.41. The number of likely N-dealkylation sites (N-methyl/N-ethyl adjacent to an activating group) is 1. The van der Waals surface area contributed by atoms with Crippen LogP contribution >= 0.6 is 11.3 Å². The van der Waals surface area contributed by atoms with Crippen LogP contribution in [0.4, 0.5) is 0 Å². The van der Waals surface area contributed by atoms with Crippen LogP contribution in [0, 0.1) is 11.3 Å². The lowest BCUT2D eigenvalue weighted by Gasteiger charge is -2.15. The Morgan fingerprint density at radius 3 is 2.94 bits per heavy atom. The quantitative estimate of drug-likeness (QED) is 0.621. The van der Waals surface area contributed by atoms with Gasteiger partial charge in [0.25, 0.3) is 0 Å². The van der Waals surface area contributed by atoms with Gasteiger partial charge in [-0.25, -0.2) is 0 Å². The van der Waals surface area contributed by atoms with Crippen molar-refractivity contribution in [3.8, 4) is 6.07 Å². The maximum absolute atomic E-state index is 11.5. The second-order valence-corrected chi connectivity index (χ2v) is 4.43. The highest BCUT2D eigenvalue weighted by Gasteiger charge is 2.17. The molecule has 0 fully saturated rings. The Balaban J connectivity index is 2.36. The van der Waals surface area contributed by atoms with Gasteiger partial charge in [0.05, 0.1) is 6.07 Å². The summed E-state index contributed by atoms with van der Waals surface area (Å²) in [7, 11) is 1.57. The Hall–Kier alpha value is -1.87. The average Bonchev–Trinajstić information content (AvgIpc) is 2.85. The molecule has 0 spiro atoms. The molecule has 0 bridgehead atoms. The van der Waals surface area contributed by atoms with Crippen LogP contribution in [-0.2, 0) is 16.0 Å². The predicted octanol–water partition coefficient (Wildman–Crippen LogP) is 0.389. The number of amides is 2. The zero-order valence-electron chi connectivity index (χ0n) is 9.47. The summed E-state index contributed by atoms with van der Waals surface area (Å²) in [6.45, 7) is 0.336. The average molecular weight is 251 g/mol. The molecule has 0 atom stereocenters. The Labute approximate surface area is 104 Å². The highest BCUT2D eigenvalue weighted by molar-refractivity contribution is 7.09. The molecule has 1 N–H and O–H groups in total. The molecule has 1 rings (SSSR count). The van der Waals surface area contributed by atoms with Gasteiger partial charge in [-0.2, -0.15) is 5.26 Å². The van der Waals surface area contributed by atoms with E-state index in [9.17, 15) is 9.59 Å². The number of hydrogen-bond donors (Lipinski definition) is 1. The van der Waals surface area contributed by atoms with Crippen LogP contribution in [-0.4, -0.2) is 36.9 Å². The van der Waals surface area contributed by atoms with Gasteiger partial charge < -0.3 is 10.2 Å². The van der Waals surface area contributed by atoms with E-state index >= 15 is 0 Å². The molecule has 1 aromatic rings. The van der Waals surface area contributed by atoms with Gasteiger partial charge in [0.15, 0.2) is 0 Å². The molecule has 6 heteroatoms. The van der Waals surface area contributed by atoms with Crippen LogP contribution in [0.1, 0.15) is 4.88 Å². The van der Waals surface area contributed by atoms with Gasteiger partial charge in [0, 0.05) is 18.5 Å². The molecule has 5 nitrogen and oxygen atoms in total. The van der Waals surface area contributed by atoms with Crippen LogP contribution in [0.2, 0.25) is 0 Å². The van der Waals surface area contributed by atoms with Crippen molar-refractivity contribution in [2.24, 2.45) is 0 Å². The third-order valence-electron chi connectivity index (χ3n) is 2.14. The van der Waals surface area contributed by atoms with E-state index in [0.29, 0.717) is 6.54 Å². The number of nitrogens with zero attached hydrogens (tertiary/aromatic N) is 2. The SMILES string of the molecule is CN(CCc1cccs1)C(=O)C(=O)NCC#N. The molecule has 1 heterocycles. The fraction of sp³-hybridized carbons (Fsp3) is 0.364. The number of carbonyl (C=O) groups excluding carboxylic acids is 2. The van der Waals surface area contributed by atoms with E-state index in [4.69, 9.17) is 5.26 Å². The van der Waals surface area contributed by atoms with Crippen molar-refractivity contribution in [2.45, 2.75) is 6.42 Å². The Morgan fingerprint density at radius 2 is 2.35 bits per heavy atom. The van der Waals surface area contributed by atoms with Crippen molar-refractivity contribution < 1.29 is 9.59 Å². The third kappa shape index (κ3) is 4.25. The Bertz CT molecular complexity index is 422. The molecule has 0 aliphatic heterocycles. The van der Waals surface area contributed by atoms with E-state index < -0.39 is 11.8 Å². The van der Waals surface area contributed by atoms with Gasteiger partial charge in [-0.3, -0.25) is 9.59 Å². The first kappa shape index (κ1) is 13.2. The van der Waals surface area contributed by atoms with Gasteiger partial charge in [0.2, 0.25) is 0 Å². The van der Waals surface area contributed by atoms with Gasteiger partial charge in [-0.1, -0.05) is 6.07 Å². The van der Waals surface area contributed by atoms with E-state index in [1.54, 1.807) is 24.5 Å². The summed E-state index contributed by atoms with van der Waals surface area (Å²) < 4.78 is 0. The molecule has 0 saturated carbocycles. The number of carbonyl (C=O) groups is 2. The molecule has 0 radical (unpaired) electrons. The van der Waals surface area contributed by atoms with Crippen molar-refractivity contribution in [1.29, 1.82) is 5.26 Å². The van der Waals surface area contributed by atoms with Crippen molar-refractivity contribution in [3.63, 3.8) is 0 Å². The topological polar surface area (TPSA) is 73.2 Å². The first-order chi connectivity index (χ1) is 8.15. The predicted molar refractivity (Wildman–Crippen MR) is 64.3 cm³/mol. The molecule has 1 aromatic heterocycles. The molecule has 90 valence electrons. The summed E-state index contributed by atoms with van der Waals surface area (Å²) in [5.74, 6) is -1.35. The molecule has 0 aliphatic carbocycles. The largest absolute Gasteiger partial charge is 0.337 e. The summed E-state index contributed by atoms with van der Waals surface area (Å²) in [5, 5.41) is 12.5. The van der Waals surface area contributed by atoms with Gasteiger partial charge >= 0.3 is 11.8 Å². The van der Waals surface area contributed by atoms with E-state index in [0.717, 1.165) is 6.42 Å². The van der Waals surface area contributed by atoms with Crippen LogP contribution in [0.15, 0.2) is 17.5 Å². The Kier molecular flexibility index (Phi) is 5.17. The summed E-state index contributed by atoms with van der Waals surface area (Å²) in [4.78, 5) is 25.3. The second-order valence-electron chi connectivity index (χ2n) is 3.40. The lowest BCUT2D eigenvalue weighted by molar-refractivity contribution is -0.144. The van der Waals surface area contributed by atoms with E-state index in [2.05, 4.69) is 5.32 Å². The van der Waals surface area contributed by atoms with E-state index in [1.807, 2.05) is 17.5 Å². The molecule has 0 aromatic carbocycles. The molecular weight excluding hydrogens is 238 g/mol. The maximum Gasteiger partial charge on any atom is 0.311 e. The Morgan fingerprint density at radius 1 is 1.59 bits per heavy atom. The number of rotatable bonds is 4. The lowest BCUT2D eigenvalue weighted by Crippen LogP contribution is -2.41. The summed E-state index contributed by atoms with van der Waals surface area (Å²) >= 11 is 1.62. The van der Waals surface area contributed by atoms with Crippen molar-refractivity contribution in [1.82, 2.24) is 10.2 Å². The van der Waals surface area contributed by atoms with Crippen molar-refractivity contribution in [3.05, 3.63) is 22.4 Å². The zero-order valence-corrected chi connectivity index (χ0v) is 10.3. The first-order valence-corrected chi connectivity index (χ1v) is 5.95. The molecule has 2 amide bonds. The molecular formula is C11H13N3O2S. The second kappa shape index (κ2) is 6.66. The summed E-state index contributed by atoms with van der Waals surface area (Å²) in [5.41, 5.74) is 0. The zero-order chi connectivity index (χ0) is 12.7. The monoisotopic (exact) mass is 251 g/mol. The molecule has 0 saturated heterocycles. The van der Waals surface area contributed by atoms with Crippen LogP contribution in [0.25, 0.3) is 0 Å². The highest BCUT2D eigenvalue weighted by Crippen LogP contribution is 2.09. The minimum Gasteiger partial charge on any atom is -0.337 e. The van der Waals surface area contributed by atoms with Gasteiger partial charge in [-0.15, -0.1) is 11.3 Å². The van der Waals surface area contributed by atoms with Gasteiger partial charge in [-0.05, 0) is 17.9 Å². The minimum atomic E-state index is -0.736. The third-order valence-corrected chi connectivity index (χ3v) is 3.08. The molecule has 0 unspecified atom stereocenters. The van der Waals surface area contributed by atoms with Crippen LogP contribution in [0.3, 0.4) is 0 Å². The number of nitrogens with one attached hydrogen (secondary N) is 1. The fourth-order valence-corrected chi connectivity index (χ4v) is 1.90. The summed E-state index contributed by atoms with van der Waals surface area (Å²) in [6, 6.07) is 5.68. The van der Waals surface area contributed by atoms with Crippen molar-refractivity contribution >= 4 is 23.2 Å². The van der Waals surface area contributed by atoms with Gasteiger partial charge in [0.1, 0.15) is 6.54 Å². The fourth-order valence-electron chi connectivity index (χ4n) is 1.20. The number of hydrogen-bond acceptors (Lipinski definition) is 4. The standard InChI is InChI=1S/C11H13N3O2S/c1-14(7-4-9-3-2-8-17-9)11(16)10(15)13-6-5-12/h2-3,8H,4,6-7H2,1H3,(H,13,15). The first-order valence-electron chi connectivity index (χ1n) is 5.07. The molecule has 17 heavy (non-hydrogen) atoms. The smallest absolute Gasteiger partial charge is 0.311 e. The van der Waals surface area contributed by atoms with E-state index in [1.165, 1.54) is 9.78 Å². The minimum absolute atomic E-state index is 0.149. The van der Waals surface area contributed by atoms with Crippen molar-refractivity contribution in [2.75, 3.05) is 20.1 Å². The van der Waals surface area contributed by atoms with Crippen LogP contribution in [0.5, 0.6) is 0 Å². The summed E-state index contributed by atoms with van der Waals surface area (Å²) in [6.07, 6.45) is 0.728. The van der Waals surface area contributed by atoms with Crippen LogP contribution < -0.4 is 5.32 Å². The highest BCUT2D eigenvalue weighted by atomic mass is 32.1. The van der Waals surface area contributed by atoms with E-state index in [-0.39, 0.29) is 6.54 Å². The number of nitriles is 1.